The van der Waals surface area contributed by atoms with E-state index in [1.807, 2.05) is 12.1 Å². The van der Waals surface area contributed by atoms with Gasteiger partial charge in [-0.2, -0.15) is 0 Å². The van der Waals surface area contributed by atoms with Crippen LogP contribution in [0.2, 0.25) is 0 Å². The van der Waals surface area contributed by atoms with E-state index >= 15 is 0 Å². The number of carbonyl (C=O) groups is 1. The van der Waals surface area contributed by atoms with Gasteiger partial charge in [0.2, 0.25) is 5.91 Å². The van der Waals surface area contributed by atoms with E-state index in [0.29, 0.717) is 16.5 Å². The number of hydrogen-bond acceptors (Lipinski definition) is 4. The summed E-state index contributed by atoms with van der Waals surface area (Å²) in [5.74, 6) is 0.180. The zero-order valence-electron chi connectivity index (χ0n) is 15.1. The SMILES string of the molecule is NC(=O)CSc1ccccc1NS(=O)(=O)c1ccc(C2CCCCC2)cc1. The van der Waals surface area contributed by atoms with E-state index in [-0.39, 0.29) is 10.6 Å². The minimum absolute atomic E-state index is 0.0921. The van der Waals surface area contributed by atoms with Gasteiger partial charge in [-0.05, 0) is 48.6 Å². The highest BCUT2D eigenvalue weighted by molar-refractivity contribution is 8.00. The number of primary amides is 1. The number of nitrogens with two attached hydrogens (primary N) is 1. The summed E-state index contributed by atoms with van der Waals surface area (Å²) in [6.07, 6.45) is 6.13. The molecule has 27 heavy (non-hydrogen) atoms. The first-order valence-corrected chi connectivity index (χ1v) is 11.6. The molecule has 0 aromatic heterocycles. The number of rotatable bonds is 7. The molecule has 2 aromatic carbocycles. The Hall–Kier alpha value is -1.99. The fourth-order valence-electron chi connectivity index (χ4n) is 3.38. The lowest BCUT2D eigenvalue weighted by molar-refractivity contribution is -0.115. The van der Waals surface area contributed by atoms with E-state index in [1.165, 1.54) is 49.4 Å². The maximum atomic E-state index is 12.8. The Kier molecular flexibility index (Phi) is 6.44. The van der Waals surface area contributed by atoms with E-state index in [0.717, 1.165) is 0 Å². The first-order chi connectivity index (χ1) is 13.0. The van der Waals surface area contributed by atoms with Crippen molar-refractivity contribution in [3.05, 3.63) is 54.1 Å². The predicted octanol–water partition coefficient (Wildman–Crippen LogP) is 4.11. The maximum Gasteiger partial charge on any atom is 0.261 e. The number of nitrogens with one attached hydrogen (secondary N) is 1. The van der Waals surface area contributed by atoms with Gasteiger partial charge in [0.15, 0.2) is 0 Å². The minimum atomic E-state index is -3.70. The molecule has 0 unspecified atom stereocenters. The molecule has 0 heterocycles. The smallest absolute Gasteiger partial charge is 0.261 e. The van der Waals surface area contributed by atoms with Gasteiger partial charge in [0.25, 0.3) is 10.0 Å². The van der Waals surface area contributed by atoms with Crippen LogP contribution >= 0.6 is 11.8 Å². The lowest BCUT2D eigenvalue weighted by Crippen LogP contribution is -2.15. The lowest BCUT2D eigenvalue weighted by atomic mass is 9.84. The van der Waals surface area contributed by atoms with Crippen LogP contribution in [0.25, 0.3) is 0 Å². The van der Waals surface area contributed by atoms with Gasteiger partial charge in [-0.3, -0.25) is 9.52 Å². The van der Waals surface area contributed by atoms with E-state index in [9.17, 15) is 13.2 Å². The summed E-state index contributed by atoms with van der Waals surface area (Å²) in [5.41, 5.74) is 6.84. The molecule has 144 valence electrons. The second-order valence-electron chi connectivity index (χ2n) is 6.76. The molecule has 7 heteroatoms. The first-order valence-electron chi connectivity index (χ1n) is 9.08. The molecule has 3 rings (SSSR count). The van der Waals surface area contributed by atoms with Crippen molar-refractivity contribution < 1.29 is 13.2 Å². The monoisotopic (exact) mass is 404 g/mol. The molecule has 1 amide bonds. The fraction of sp³-hybridized carbons (Fsp3) is 0.350. The molecule has 0 saturated heterocycles. The molecule has 0 aliphatic heterocycles. The number of carbonyl (C=O) groups excluding carboxylic acids is 1. The average Bonchev–Trinajstić information content (AvgIpc) is 2.68. The number of para-hydroxylation sites is 1. The Morgan fingerprint density at radius 3 is 2.37 bits per heavy atom. The molecule has 0 spiro atoms. The summed E-state index contributed by atoms with van der Waals surface area (Å²) >= 11 is 1.21. The van der Waals surface area contributed by atoms with Gasteiger partial charge < -0.3 is 5.73 Å². The van der Waals surface area contributed by atoms with Gasteiger partial charge in [0.05, 0.1) is 16.3 Å². The third kappa shape index (κ3) is 5.26. The van der Waals surface area contributed by atoms with Crippen LogP contribution in [-0.2, 0) is 14.8 Å². The molecule has 2 aromatic rings. The summed E-state index contributed by atoms with van der Waals surface area (Å²) in [6.45, 7) is 0. The van der Waals surface area contributed by atoms with Gasteiger partial charge in [-0.25, -0.2) is 8.42 Å². The van der Waals surface area contributed by atoms with Crippen molar-refractivity contribution in [1.29, 1.82) is 0 Å². The molecule has 0 radical (unpaired) electrons. The zero-order valence-corrected chi connectivity index (χ0v) is 16.7. The number of sulfonamides is 1. The molecule has 1 aliphatic rings. The van der Waals surface area contributed by atoms with Crippen LogP contribution in [0.1, 0.15) is 43.6 Å². The molecule has 1 saturated carbocycles. The van der Waals surface area contributed by atoms with Gasteiger partial charge in [0, 0.05) is 4.90 Å². The van der Waals surface area contributed by atoms with Crippen LogP contribution in [0.15, 0.2) is 58.3 Å². The van der Waals surface area contributed by atoms with Crippen LogP contribution in [0.3, 0.4) is 0 Å². The Labute approximate surface area is 164 Å². The van der Waals surface area contributed by atoms with Crippen molar-refractivity contribution in [1.82, 2.24) is 0 Å². The third-order valence-electron chi connectivity index (χ3n) is 4.77. The molecule has 5 nitrogen and oxygen atoms in total. The standard InChI is InChI=1S/C20H24N2O3S2/c21-20(23)14-26-19-9-5-4-8-18(19)22-27(24,25)17-12-10-16(11-13-17)15-6-2-1-3-7-15/h4-5,8-13,15,22H,1-3,6-7,14H2,(H2,21,23). The average molecular weight is 405 g/mol. The van der Waals surface area contributed by atoms with Crippen LogP contribution in [0.4, 0.5) is 5.69 Å². The highest BCUT2D eigenvalue weighted by Crippen LogP contribution is 2.33. The largest absolute Gasteiger partial charge is 0.369 e. The van der Waals surface area contributed by atoms with Crippen molar-refractivity contribution in [2.24, 2.45) is 5.73 Å². The number of amides is 1. The van der Waals surface area contributed by atoms with E-state index in [2.05, 4.69) is 4.72 Å². The molecule has 1 aliphatic carbocycles. The van der Waals surface area contributed by atoms with E-state index in [4.69, 9.17) is 5.73 Å². The number of anilines is 1. The van der Waals surface area contributed by atoms with Gasteiger partial charge >= 0.3 is 0 Å². The first kappa shape index (κ1) is 19.8. The zero-order chi connectivity index (χ0) is 19.3. The second-order valence-corrected chi connectivity index (χ2v) is 9.46. The summed E-state index contributed by atoms with van der Waals surface area (Å²) in [4.78, 5) is 11.9. The van der Waals surface area contributed by atoms with Crippen LogP contribution in [0.5, 0.6) is 0 Å². The highest BCUT2D eigenvalue weighted by Gasteiger charge is 2.19. The summed E-state index contributed by atoms with van der Waals surface area (Å²) < 4.78 is 28.2. The third-order valence-corrected chi connectivity index (χ3v) is 7.25. The van der Waals surface area contributed by atoms with Crippen molar-refractivity contribution in [3.8, 4) is 0 Å². The summed E-state index contributed by atoms with van der Waals surface area (Å²) in [7, 11) is -3.70. The Balaban J connectivity index is 1.76. The van der Waals surface area contributed by atoms with Crippen molar-refractivity contribution in [2.75, 3.05) is 10.5 Å². The minimum Gasteiger partial charge on any atom is -0.369 e. The second kappa shape index (κ2) is 8.80. The molecule has 0 atom stereocenters. The fourth-order valence-corrected chi connectivity index (χ4v) is 5.28. The highest BCUT2D eigenvalue weighted by atomic mass is 32.2. The normalized spacial score (nSPS) is 15.4. The van der Waals surface area contributed by atoms with Gasteiger partial charge in [0.1, 0.15) is 0 Å². The number of thioether (sulfide) groups is 1. The quantitative estimate of drug-likeness (QED) is 0.680. The molecule has 1 fully saturated rings. The van der Waals surface area contributed by atoms with Crippen LogP contribution in [-0.4, -0.2) is 20.1 Å². The summed E-state index contributed by atoms with van der Waals surface area (Å²) in [5, 5.41) is 0. The van der Waals surface area contributed by atoms with Crippen molar-refractivity contribution in [2.45, 2.75) is 47.8 Å². The Bertz CT molecular complexity index is 890. The van der Waals surface area contributed by atoms with Gasteiger partial charge in [-0.1, -0.05) is 43.5 Å². The van der Waals surface area contributed by atoms with E-state index in [1.54, 1.807) is 36.4 Å². The van der Waals surface area contributed by atoms with Crippen LogP contribution < -0.4 is 10.5 Å². The lowest BCUT2D eigenvalue weighted by Gasteiger charge is -2.22. The van der Waals surface area contributed by atoms with E-state index < -0.39 is 15.9 Å². The topological polar surface area (TPSA) is 89.3 Å². The summed E-state index contributed by atoms with van der Waals surface area (Å²) in [6, 6.07) is 14.2. The molecular formula is C20H24N2O3S2. The van der Waals surface area contributed by atoms with Crippen molar-refractivity contribution in [3.63, 3.8) is 0 Å². The molecule has 3 N–H and O–H groups in total. The molecule has 0 bridgehead atoms. The molecular weight excluding hydrogens is 380 g/mol. The van der Waals surface area contributed by atoms with Gasteiger partial charge in [-0.15, -0.1) is 11.8 Å². The Morgan fingerprint density at radius 2 is 1.70 bits per heavy atom. The number of hydrogen-bond donors (Lipinski definition) is 2. The predicted molar refractivity (Wildman–Crippen MR) is 109 cm³/mol. The van der Waals surface area contributed by atoms with Crippen molar-refractivity contribution >= 4 is 33.4 Å². The Morgan fingerprint density at radius 1 is 1.04 bits per heavy atom. The maximum absolute atomic E-state index is 12.8. The number of benzene rings is 2. The van der Waals surface area contributed by atoms with Crippen LogP contribution in [0, 0.1) is 0 Å².